The molecule has 1 aromatic rings. The first kappa shape index (κ1) is 17.9. The number of halogens is 2. The maximum Gasteiger partial charge on any atom is 0.314 e. The van der Waals surface area contributed by atoms with Crippen LogP contribution in [0.1, 0.15) is 25.8 Å². The van der Waals surface area contributed by atoms with Gasteiger partial charge in [0.15, 0.2) is 0 Å². The number of hydrogen-bond donors (Lipinski definition) is 3. The van der Waals surface area contributed by atoms with E-state index in [1.54, 1.807) is 0 Å². The Balaban J connectivity index is 2.23. The predicted octanol–water partition coefficient (Wildman–Crippen LogP) is 1.72. The van der Waals surface area contributed by atoms with E-state index in [0.29, 0.717) is 0 Å². The highest BCUT2D eigenvalue weighted by Crippen LogP contribution is 2.11. The van der Waals surface area contributed by atoms with Crippen LogP contribution in [0, 0.1) is 11.6 Å². The first-order chi connectivity index (χ1) is 10.4. The van der Waals surface area contributed by atoms with E-state index in [9.17, 15) is 18.4 Å². The highest BCUT2D eigenvalue weighted by Gasteiger charge is 2.09. The molecule has 122 valence electrons. The number of hydrogen-bond acceptors (Lipinski definition) is 2. The SMILES string of the molecule is CC(C)NC(=O)CCNC(=O)NCCc1c(F)cccc1F. The minimum Gasteiger partial charge on any atom is -0.354 e. The molecular formula is C15H21F2N3O2. The van der Waals surface area contributed by atoms with Gasteiger partial charge in [0.25, 0.3) is 0 Å². The Morgan fingerprint density at radius 1 is 1.09 bits per heavy atom. The molecule has 0 unspecified atom stereocenters. The second kappa shape index (κ2) is 8.96. The molecule has 0 fully saturated rings. The molecule has 1 rings (SSSR count). The molecule has 0 saturated heterocycles. The molecule has 0 aliphatic heterocycles. The zero-order valence-corrected chi connectivity index (χ0v) is 12.7. The molecule has 0 aliphatic rings. The molecule has 7 heteroatoms. The Kier molecular flexibility index (Phi) is 7.28. The molecule has 0 heterocycles. The standard InChI is InChI=1S/C15H21F2N3O2/c1-10(2)20-14(21)7-9-19-15(22)18-8-6-11-12(16)4-3-5-13(11)17/h3-5,10H,6-9H2,1-2H3,(H,20,21)(H2,18,19,22). The van der Waals surface area contributed by atoms with Gasteiger partial charge >= 0.3 is 6.03 Å². The summed E-state index contributed by atoms with van der Waals surface area (Å²) in [6.07, 6.45) is 0.229. The third kappa shape index (κ3) is 6.51. The lowest BCUT2D eigenvalue weighted by atomic mass is 10.1. The third-order valence-electron chi connectivity index (χ3n) is 2.81. The number of urea groups is 1. The Hall–Kier alpha value is -2.18. The van der Waals surface area contributed by atoms with Crippen LogP contribution in [0.5, 0.6) is 0 Å². The number of benzene rings is 1. The fourth-order valence-corrected chi connectivity index (χ4v) is 1.82. The van der Waals surface area contributed by atoms with Crippen molar-refractivity contribution in [3.63, 3.8) is 0 Å². The number of amides is 3. The highest BCUT2D eigenvalue weighted by molar-refractivity contribution is 5.78. The minimum atomic E-state index is -0.632. The summed E-state index contributed by atoms with van der Waals surface area (Å²) in [5.74, 6) is -1.41. The largest absolute Gasteiger partial charge is 0.354 e. The molecule has 1 aromatic carbocycles. The molecule has 3 amide bonds. The van der Waals surface area contributed by atoms with Gasteiger partial charge in [-0.3, -0.25) is 4.79 Å². The van der Waals surface area contributed by atoms with Gasteiger partial charge in [0.05, 0.1) is 0 Å². The average molecular weight is 313 g/mol. The lowest BCUT2D eigenvalue weighted by Gasteiger charge is -2.10. The third-order valence-corrected chi connectivity index (χ3v) is 2.81. The molecule has 5 nitrogen and oxygen atoms in total. The van der Waals surface area contributed by atoms with Crippen molar-refractivity contribution < 1.29 is 18.4 Å². The van der Waals surface area contributed by atoms with Gasteiger partial charge in [0, 0.05) is 31.1 Å². The zero-order chi connectivity index (χ0) is 16.5. The Morgan fingerprint density at radius 2 is 1.68 bits per heavy atom. The van der Waals surface area contributed by atoms with Crippen LogP contribution in [0.3, 0.4) is 0 Å². The van der Waals surface area contributed by atoms with Crippen LogP contribution < -0.4 is 16.0 Å². The van der Waals surface area contributed by atoms with Crippen molar-refractivity contribution in [2.24, 2.45) is 0 Å². The van der Waals surface area contributed by atoms with E-state index in [2.05, 4.69) is 16.0 Å². The van der Waals surface area contributed by atoms with Crippen LogP contribution in [-0.4, -0.2) is 31.1 Å². The first-order valence-electron chi connectivity index (χ1n) is 7.14. The number of nitrogens with one attached hydrogen (secondary N) is 3. The number of carbonyl (C=O) groups is 2. The summed E-state index contributed by atoms with van der Waals surface area (Å²) < 4.78 is 26.7. The maximum absolute atomic E-state index is 13.4. The van der Waals surface area contributed by atoms with Crippen molar-refractivity contribution in [1.29, 1.82) is 0 Å². The van der Waals surface area contributed by atoms with Gasteiger partial charge in [0.2, 0.25) is 5.91 Å². The lowest BCUT2D eigenvalue weighted by Crippen LogP contribution is -2.39. The summed E-state index contributed by atoms with van der Waals surface area (Å²) in [5.41, 5.74) is -0.0564. The normalized spacial score (nSPS) is 10.4. The van der Waals surface area contributed by atoms with Crippen molar-refractivity contribution >= 4 is 11.9 Å². The molecule has 0 saturated carbocycles. The van der Waals surface area contributed by atoms with Gasteiger partial charge in [-0.1, -0.05) is 6.07 Å². The van der Waals surface area contributed by atoms with Crippen LogP contribution in [0.4, 0.5) is 13.6 Å². The Bertz CT molecular complexity index is 501. The Labute approximate surface area is 128 Å². The fourth-order valence-electron chi connectivity index (χ4n) is 1.82. The highest BCUT2D eigenvalue weighted by atomic mass is 19.1. The first-order valence-corrected chi connectivity index (χ1v) is 7.14. The minimum absolute atomic E-state index is 0.0528. The monoisotopic (exact) mass is 313 g/mol. The van der Waals surface area contributed by atoms with E-state index in [1.165, 1.54) is 18.2 Å². The molecule has 0 radical (unpaired) electrons. The van der Waals surface area contributed by atoms with Crippen LogP contribution in [0.2, 0.25) is 0 Å². The van der Waals surface area contributed by atoms with Gasteiger partial charge in [-0.05, 0) is 32.4 Å². The van der Waals surface area contributed by atoms with Gasteiger partial charge < -0.3 is 16.0 Å². The van der Waals surface area contributed by atoms with E-state index in [-0.39, 0.29) is 43.4 Å². The fraction of sp³-hybridized carbons (Fsp3) is 0.467. The summed E-state index contributed by atoms with van der Waals surface area (Å²) in [6.45, 7) is 3.99. The van der Waals surface area contributed by atoms with Crippen LogP contribution >= 0.6 is 0 Å². The van der Waals surface area contributed by atoms with Crippen LogP contribution in [0.15, 0.2) is 18.2 Å². The summed E-state index contributed by atoms with van der Waals surface area (Å²) >= 11 is 0. The van der Waals surface area contributed by atoms with Crippen LogP contribution in [-0.2, 0) is 11.2 Å². The molecule has 0 atom stereocenters. The van der Waals surface area contributed by atoms with Crippen molar-refractivity contribution in [2.45, 2.75) is 32.7 Å². The smallest absolute Gasteiger partial charge is 0.314 e. The second-order valence-electron chi connectivity index (χ2n) is 5.11. The van der Waals surface area contributed by atoms with E-state index in [1.807, 2.05) is 13.8 Å². The number of carbonyl (C=O) groups excluding carboxylic acids is 2. The quantitative estimate of drug-likeness (QED) is 0.717. The summed E-state index contributed by atoms with van der Waals surface area (Å²) in [6, 6.07) is 3.21. The van der Waals surface area contributed by atoms with Gasteiger partial charge in [-0.25, -0.2) is 13.6 Å². The Morgan fingerprint density at radius 3 is 2.27 bits per heavy atom. The summed E-state index contributed by atoms with van der Waals surface area (Å²) in [7, 11) is 0. The maximum atomic E-state index is 13.4. The van der Waals surface area contributed by atoms with Crippen molar-refractivity contribution in [3.8, 4) is 0 Å². The number of rotatable bonds is 7. The summed E-state index contributed by atoms with van der Waals surface area (Å²) in [4.78, 5) is 22.8. The van der Waals surface area contributed by atoms with E-state index >= 15 is 0 Å². The molecular weight excluding hydrogens is 292 g/mol. The topological polar surface area (TPSA) is 70.2 Å². The molecule has 22 heavy (non-hydrogen) atoms. The van der Waals surface area contributed by atoms with Crippen molar-refractivity contribution in [2.75, 3.05) is 13.1 Å². The lowest BCUT2D eigenvalue weighted by molar-refractivity contribution is -0.121. The zero-order valence-electron chi connectivity index (χ0n) is 12.7. The van der Waals surface area contributed by atoms with Gasteiger partial charge in [-0.2, -0.15) is 0 Å². The van der Waals surface area contributed by atoms with E-state index in [4.69, 9.17) is 0 Å². The average Bonchev–Trinajstić information content (AvgIpc) is 2.41. The molecule has 0 spiro atoms. The molecule has 0 aromatic heterocycles. The second-order valence-corrected chi connectivity index (χ2v) is 5.11. The van der Waals surface area contributed by atoms with E-state index < -0.39 is 17.7 Å². The molecule has 0 bridgehead atoms. The van der Waals surface area contributed by atoms with Crippen molar-refractivity contribution in [1.82, 2.24) is 16.0 Å². The predicted molar refractivity (Wildman–Crippen MR) is 79.4 cm³/mol. The molecule has 0 aliphatic carbocycles. The van der Waals surface area contributed by atoms with Crippen LogP contribution in [0.25, 0.3) is 0 Å². The van der Waals surface area contributed by atoms with Gasteiger partial charge in [0.1, 0.15) is 11.6 Å². The molecule has 3 N–H and O–H groups in total. The van der Waals surface area contributed by atoms with E-state index in [0.717, 1.165) is 0 Å². The summed E-state index contributed by atoms with van der Waals surface area (Å²) in [5, 5.41) is 7.69. The van der Waals surface area contributed by atoms with Gasteiger partial charge in [-0.15, -0.1) is 0 Å². The van der Waals surface area contributed by atoms with Crippen molar-refractivity contribution in [3.05, 3.63) is 35.4 Å².